The molecule has 0 aliphatic carbocycles. The molecular weight excluding hydrogens is 250 g/mol. The molecule has 0 radical (unpaired) electrons. The fraction of sp³-hybridized carbons (Fsp3) is 0.500. The fourth-order valence-corrected chi connectivity index (χ4v) is 1.84. The van der Waals surface area contributed by atoms with Crippen molar-refractivity contribution >= 4 is 5.91 Å². The van der Waals surface area contributed by atoms with Crippen LogP contribution in [0.5, 0.6) is 0 Å². The van der Waals surface area contributed by atoms with Gasteiger partial charge in [0.1, 0.15) is 11.6 Å². The summed E-state index contributed by atoms with van der Waals surface area (Å²) < 4.78 is 26.6. The van der Waals surface area contributed by atoms with Crippen LogP contribution in [0, 0.1) is 11.6 Å². The Morgan fingerprint density at radius 2 is 1.79 bits per heavy atom. The molecule has 5 heteroatoms. The van der Waals surface area contributed by atoms with Crippen molar-refractivity contribution in [2.45, 2.75) is 26.8 Å². The summed E-state index contributed by atoms with van der Waals surface area (Å²) in [5.41, 5.74) is 0.0118. The van der Waals surface area contributed by atoms with E-state index < -0.39 is 11.6 Å². The monoisotopic (exact) mass is 270 g/mol. The van der Waals surface area contributed by atoms with E-state index in [0.29, 0.717) is 26.1 Å². The Labute approximate surface area is 112 Å². The summed E-state index contributed by atoms with van der Waals surface area (Å²) in [6.45, 7) is 5.69. The summed E-state index contributed by atoms with van der Waals surface area (Å²) >= 11 is 0. The normalized spacial score (nSPS) is 10.5. The third-order valence-corrected chi connectivity index (χ3v) is 3.00. The Morgan fingerprint density at radius 1 is 1.21 bits per heavy atom. The van der Waals surface area contributed by atoms with Crippen LogP contribution >= 0.6 is 0 Å². The summed E-state index contributed by atoms with van der Waals surface area (Å²) in [6.07, 6.45) is 0.331. The Balaban J connectivity index is 2.37. The average Bonchev–Trinajstić information content (AvgIpc) is 2.38. The van der Waals surface area contributed by atoms with E-state index in [4.69, 9.17) is 0 Å². The van der Waals surface area contributed by atoms with Crippen molar-refractivity contribution in [3.05, 3.63) is 35.4 Å². The number of halogens is 2. The van der Waals surface area contributed by atoms with Gasteiger partial charge in [-0.15, -0.1) is 0 Å². The molecule has 19 heavy (non-hydrogen) atoms. The maximum absolute atomic E-state index is 13.3. The number of nitrogens with one attached hydrogen (secondary N) is 1. The van der Waals surface area contributed by atoms with Gasteiger partial charge in [-0.3, -0.25) is 4.79 Å². The molecule has 1 aromatic carbocycles. The van der Waals surface area contributed by atoms with Gasteiger partial charge < -0.3 is 10.2 Å². The Morgan fingerprint density at radius 3 is 2.32 bits per heavy atom. The van der Waals surface area contributed by atoms with Crippen LogP contribution < -0.4 is 5.32 Å². The Hall–Kier alpha value is -1.49. The van der Waals surface area contributed by atoms with E-state index in [1.54, 1.807) is 4.90 Å². The minimum Gasteiger partial charge on any atom is -0.343 e. The minimum atomic E-state index is -0.567. The van der Waals surface area contributed by atoms with Crippen molar-refractivity contribution in [1.29, 1.82) is 0 Å². The van der Waals surface area contributed by atoms with Crippen LogP contribution in [0.2, 0.25) is 0 Å². The predicted octanol–water partition coefficient (Wildman–Crippen LogP) is 2.31. The lowest BCUT2D eigenvalue weighted by Gasteiger charge is -2.18. The molecule has 0 aliphatic heterocycles. The number of benzene rings is 1. The van der Waals surface area contributed by atoms with E-state index in [1.807, 2.05) is 13.8 Å². The molecule has 0 unspecified atom stereocenters. The molecule has 1 aromatic rings. The van der Waals surface area contributed by atoms with Crippen molar-refractivity contribution in [3.8, 4) is 0 Å². The lowest BCUT2D eigenvalue weighted by atomic mass is 10.2. The largest absolute Gasteiger partial charge is 0.343 e. The summed E-state index contributed by atoms with van der Waals surface area (Å²) in [5, 5.41) is 2.89. The van der Waals surface area contributed by atoms with Crippen molar-refractivity contribution in [1.82, 2.24) is 10.2 Å². The summed E-state index contributed by atoms with van der Waals surface area (Å²) in [5.74, 6) is -1.09. The number of carbonyl (C=O) groups excluding carboxylic acids is 1. The number of rotatable bonds is 7. The maximum Gasteiger partial charge on any atom is 0.223 e. The molecule has 0 saturated heterocycles. The first-order chi connectivity index (χ1) is 9.10. The first kappa shape index (κ1) is 15.6. The number of hydrogen-bond donors (Lipinski definition) is 1. The van der Waals surface area contributed by atoms with Gasteiger partial charge in [-0.25, -0.2) is 8.78 Å². The quantitative estimate of drug-likeness (QED) is 0.771. The minimum absolute atomic E-state index is 0.0118. The lowest BCUT2D eigenvalue weighted by Crippen LogP contribution is -2.32. The highest BCUT2D eigenvalue weighted by Gasteiger charge is 2.10. The molecule has 0 heterocycles. The number of carbonyl (C=O) groups is 1. The van der Waals surface area contributed by atoms with Crippen LogP contribution in [0.4, 0.5) is 8.78 Å². The average molecular weight is 270 g/mol. The molecule has 1 rings (SSSR count). The molecule has 0 saturated carbocycles. The molecule has 0 atom stereocenters. The number of nitrogens with zero attached hydrogens (tertiary/aromatic N) is 1. The molecule has 0 spiro atoms. The van der Waals surface area contributed by atoms with E-state index in [0.717, 1.165) is 0 Å². The van der Waals surface area contributed by atoms with E-state index >= 15 is 0 Å². The van der Waals surface area contributed by atoms with Crippen LogP contribution in [0.1, 0.15) is 25.8 Å². The molecular formula is C14H20F2N2O. The predicted molar refractivity (Wildman–Crippen MR) is 70.6 cm³/mol. The van der Waals surface area contributed by atoms with Crippen LogP contribution in [0.3, 0.4) is 0 Å². The third kappa shape index (κ3) is 4.59. The van der Waals surface area contributed by atoms with Crippen molar-refractivity contribution in [2.24, 2.45) is 0 Å². The SMILES string of the molecule is CCN(CC)C(=O)CCNCc1c(F)cccc1F. The van der Waals surface area contributed by atoms with Gasteiger partial charge in [-0.1, -0.05) is 6.07 Å². The van der Waals surface area contributed by atoms with E-state index in [-0.39, 0.29) is 18.0 Å². The van der Waals surface area contributed by atoms with Gasteiger partial charge >= 0.3 is 0 Å². The second-order valence-electron chi connectivity index (χ2n) is 4.19. The summed E-state index contributed by atoms with van der Waals surface area (Å²) in [7, 11) is 0. The van der Waals surface area contributed by atoms with Gasteiger partial charge in [0, 0.05) is 38.2 Å². The van der Waals surface area contributed by atoms with Gasteiger partial charge in [0.2, 0.25) is 5.91 Å². The topological polar surface area (TPSA) is 32.3 Å². The van der Waals surface area contributed by atoms with Crippen LogP contribution in [0.25, 0.3) is 0 Å². The summed E-state index contributed by atoms with van der Waals surface area (Å²) in [4.78, 5) is 13.4. The lowest BCUT2D eigenvalue weighted by molar-refractivity contribution is -0.130. The molecule has 0 bridgehead atoms. The molecule has 0 aromatic heterocycles. The van der Waals surface area contributed by atoms with Gasteiger partial charge in [0.05, 0.1) is 0 Å². The second-order valence-corrected chi connectivity index (χ2v) is 4.19. The molecule has 106 valence electrons. The van der Waals surface area contributed by atoms with Crippen molar-refractivity contribution < 1.29 is 13.6 Å². The van der Waals surface area contributed by atoms with E-state index in [2.05, 4.69) is 5.32 Å². The highest BCUT2D eigenvalue weighted by atomic mass is 19.1. The molecule has 0 fully saturated rings. The van der Waals surface area contributed by atoms with Crippen molar-refractivity contribution in [3.63, 3.8) is 0 Å². The third-order valence-electron chi connectivity index (χ3n) is 3.00. The summed E-state index contributed by atoms with van der Waals surface area (Å²) in [6, 6.07) is 3.78. The highest BCUT2D eigenvalue weighted by Crippen LogP contribution is 2.11. The molecule has 0 aliphatic rings. The first-order valence-electron chi connectivity index (χ1n) is 6.51. The smallest absolute Gasteiger partial charge is 0.223 e. The highest BCUT2D eigenvalue weighted by molar-refractivity contribution is 5.76. The van der Waals surface area contributed by atoms with Gasteiger partial charge in [-0.2, -0.15) is 0 Å². The Kier molecular flexibility index (Phi) is 6.42. The van der Waals surface area contributed by atoms with Crippen molar-refractivity contribution in [2.75, 3.05) is 19.6 Å². The molecule has 1 N–H and O–H groups in total. The van der Waals surface area contributed by atoms with Crippen LogP contribution in [-0.4, -0.2) is 30.4 Å². The maximum atomic E-state index is 13.3. The van der Waals surface area contributed by atoms with Gasteiger partial charge in [0.15, 0.2) is 0 Å². The Bertz CT molecular complexity index is 400. The van der Waals surface area contributed by atoms with Gasteiger partial charge in [-0.05, 0) is 26.0 Å². The number of amides is 1. The standard InChI is InChI=1S/C14H20F2N2O/c1-3-18(4-2)14(19)8-9-17-10-11-12(15)6-5-7-13(11)16/h5-7,17H,3-4,8-10H2,1-2H3. The van der Waals surface area contributed by atoms with E-state index in [9.17, 15) is 13.6 Å². The fourth-order valence-electron chi connectivity index (χ4n) is 1.84. The first-order valence-corrected chi connectivity index (χ1v) is 6.51. The van der Waals surface area contributed by atoms with E-state index in [1.165, 1.54) is 18.2 Å². The van der Waals surface area contributed by atoms with Gasteiger partial charge in [0.25, 0.3) is 0 Å². The zero-order chi connectivity index (χ0) is 14.3. The zero-order valence-corrected chi connectivity index (χ0v) is 11.4. The number of hydrogen-bond acceptors (Lipinski definition) is 2. The van der Waals surface area contributed by atoms with Crippen LogP contribution in [0.15, 0.2) is 18.2 Å². The van der Waals surface area contributed by atoms with Crippen LogP contribution in [-0.2, 0) is 11.3 Å². The zero-order valence-electron chi connectivity index (χ0n) is 11.4. The molecule has 3 nitrogen and oxygen atoms in total. The second kappa shape index (κ2) is 7.84. The molecule has 1 amide bonds.